The summed E-state index contributed by atoms with van der Waals surface area (Å²) >= 11 is 1.56. The van der Waals surface area contributed by atoms with Gasteiger partial charge < -0.3 is 10.2 Å². The van der Waals surface area contributed by atoms with E-state index < -0.39 is 0 Å². The number of aromatic nitrogens is 2. The van der Waals surface area contributed by atoms with E-state index in [1.165, 1.54) is 6.42 Å². The molecule has 24 heavy (non-hydrogen) atoms. The van der Waals surface area contributed by atoms with Gasteiger partial charge in [0.25, 0.3) is 0 Å². The first-order valence-corrected chi connectivity index (χ1v) is 9.49. The molecule has 1 aliphatic rings. The van der Waals surface area contributed by atoms with Crippen LogP contribution in [0.3, 0.4) is 0 Å². The fourth-order valence-corrected chi connectivity index (χ4v) is 3.88. The largest absolute Gasteiger partial charge is 0.353 e. The van der Waals surface area contributed by atoms with E-state index in [2.05, 4.69) is 27.1 Å². The highest BCUT2D eigenvalue weighted by Gasteiger charge is 2.20. The quantitative estimate of drug-likeness (QED) is 0.875. The summed E-state index contributed by atoms with van der Waals surface area (Å²) in [6.45, 7) is 5.54. The smallest absolute Gasteiger partial charge is 0.226 e. The van der Waals surface area contributed by atoms with Crippen LogP contribution in [-0.4, -0.2) is 46.5 Å². The molecular formula is C18H24N4OS. The summed E-state index contributed by atoms with van der Waals surface area (Å²) in [5, 5.41) is 6.05. The van der Waals surface area contributed by atoms with Crippen molar-refractivity contribution >= 4 is 17.2 Å². The van der Waals surface area contributed by atoms with Crippen LogP contribution in [0.15, 0.2) is 29.9 Å². The summed E-state index contributed by atoms with van der Waals surface area (Å²) in [5.74, 6) is 0.0759. The van der Waals surface area contributed by atoms with Crippen LogP contribution in [0.5, 0.6) is 0 Å². The van der Waals surface area contributed by atoms with Gasteiger partial charge in [0.05, 0.1) is 12.1 Å². The van der Waals surface area contributed by atoms with E-state index in [9.17, 15) is 4.79 Å². The number of amides is 1. The van der Waals surface area contributed by atoms with Gasteiger partial charge in [-0.3, -0.25) is 9.78 Å². The molecule has 3 heterocycles. The molecule has 0 radical (unpaired) electrons. The van der Waals surface area contributed by atoms with E-state index >= 15 is 0 Å². The van der Waals surface area contributed by atoms with Crippen molar-refractivity contribution in [3.63, 3.8) is 0 Å². The fraction of sp³-hybridized carbons (Fsp3) is 0.500. The molecular weight excluding hydrogens is 320 g/mol. The minimum atomic E-state index is 0.0759. The lowest BCUT2D eigenvalue weighted by atomic mass is 10.0. The molecule has 1 fully saturated rings. The maximum atomic E-state index is 12.3. The van der Waals surface area contributed by atoms with Crippen LogP contribution in [0, 0.1) is 0 Å². The van der Waals surface area contributed by atoms with Crippen molar-refractivity contribution < 1.29 is 4.79 Å². The van der Waals surface area contributed by atoms with E-state index in [1.54, 1.807) is 23.7 Å². The number of nitrogens with one attached hydrogen (secondary N) is 1. The molecule has 0 aliphatic carbocycles. The van der Waals surface area contributed by atoms with Crippen LogP contribution in [0.4, 0.5) is 0 Å². The lowest BCUT2D eigenvalue weighted by molar-refractivity contribution is -0.121. The fourth-order valence-electron chi connectivity index (χ4n) is 3.07. The summed E-state index contributed by atoms with van der Waals surface area (Å²) in [6.07, 6.45) is 7.18. The maximum Gasteiger partial charge on any atom is 0.226 e. The first-order valence-electron chi connectivity index (χ1n) is 8.61. The zero-order valence-corrected chi connectivity index (χ0v) is 14.9. The summed E-state index contributed by atoms with van der Waals surface area (Å²) in [4.78, 5) is 23.4. The van der Waals surface area contributed by atoms with Gasteiger partial charge in [-0.25, -0.2) is 4.98 Å². The molecule has 0 spiro atoms. The normalized spacial score (nSPS) is 16.2. The van der Waals surface area contributed by atoms with Crippen molar-refractivity contribution in [1.29, 1.82) is 0 Å². The molecule has 1 saturated heterocycles. The van der Waals surface area contributed by atoms with Gasteiger partial charge in [0.15, 0.2) is 0 Å². The third-order valence-corrected chi connectivity index (χ3v) is 5.23. The topological polar surface area (TPSA) is 58.1 Å². The lowest BCUT2D eigenvalue weighted by Crippen LogP contribution is -2.45. The second-order valence-electron chi connectivity index (χ2n) is 6.25. The zero-order valence-electron chi connectivity index (χ0n) is 14.1. The predicted octanol–water partition coefficient (Wildman–Crippen LogP) is 2.74. The maximum absolute atomic E-state index is 12.3. The number of piperidine rings is 1. The van der Waals surface area contributed by atoms with Crippen molar-refractivity contribution in [2.75, 3.05) is 19.6 Å². The van der Waals surface area contributed by atoms with E-state index in [0.717, 1.165) is 48.7 Å². The first-order chi connectivity index (χ1) is 11.7. The number of nitrogens with zero attached hydrogens (tertiary/aromatic N) is 3. The standard InChI is InChI=1S/C18H24N4OS/c1-2-8-22-9-5-15(6-10-22)20-17(23)11-16-13-24-18(21-16)14-4-3-7-19-12-14/h3-4,7,12-13,15H,2,5-6,8-11H2,1H3,(H,20,23). The van der Waals surface area contributed by atoms with Crippen LogP contribution in [0.1, 0.15) is 31.9 Å². The number of carbonyl (C=O) groups is 1. The number of thiazole rings is 1. The second kappa shape index (κ2) is 8.35. The third-order valence-electron chi connectivity index (χ3n) is 4.29. The van der Waals surface area contributed by atoms with Gasteiger partial charge in [-0.05, 0) is 37.9 Å². The number of rotatable bonds is 6. The van der Waals surface area contributed by atoms with Crippen LogP contribution in [0.25, 0.3) is 10.6 Å². The Balaban J connectivity index is 1.48. The Morgan fingerprint density at radius 3 is 2.96 bits per heavy atom. The van der Waals surface area contributed by atoms with Crippen molar-refractivity contribution in [2.45, 2.75) is 38.6 Å². The average molecular weight is 344 g/mol. The average Bonchev–Trinajstić information content (AvgIpc) is 3.06. The Bertz CT molecular complexity index is 650. The number of carbonyl (C=O) groups excluding carboxylic acids is 1. The summed E-state index contributed by atoms with van der Waals surface area (Å²) in [7, 11) is 0. The molecule has 5 nitrogen and oxygen atoms in total. The molecule has 0 unspecified atom stereocenters. The Morgan fingerprint density at radius 2 is 2.25 bits per heavy atom. The molecule has 2 aromatic rings. The SMILES string of the molecule is CCCN1CCC(NC(=O)Cc2csc(-c3cccnc3)n2)CC1. The highest BCUT2D eigenvalue weighted by molar-refractivity contribution is 7.13. The Morgan fingerprint density at radius 1 is 1.42 bits per heavy atom. The number of hydrogen-bond acceptors (Lipinski definition) is 5. The number of likely N-dealkylation sites (tertiary alicyclic amines) is 1. The van der Waals surface area contributed by atoms with Crippen LogP contribution < -0.4 is 5.32 Å². The van der Waals surface area contributed by atoms with Gasteiger partial charge in [0.1, 0.15) is 5.01 Å². The van der Waals surface area contributed by atoms with Gasteiger partial charge >= 0.3 is 0 Å². The number of pyridine rings is 1. The lowest BCUT2D eigenvalue weighted by Gasteiger charge is -2.32. The molecule has 0 bridgehead atoms. The van der Waals surface area contributed by atoms with Gasteiger partial charge in [0.2, 0.25) is 5.91 Å². The van der Waals surface area contributed by atoms with E-state index in [1.807, 2.05) is 17.5 Å². The van der Waals surface area contributed by atoms with Gasteiger partial charge in [-0.15, -0.1) is 11.3 Å². The molecule has 2 aromatic heterocycles. The zero-order chi connectivity index (χ0) is 16.8. The van der Waals surface area contributed by atoms with Crippen LogP contribution >= 0.6 is 11.3 Å². The predicted molar refractivity (Wildman–Crippen MR) is 96.9 cm³/mol. The third kappa shape index (κ3) is 4.61. The molecule has 1 amide bonds. The monoisotopic (exact) mass is 344 g/mol. The number of hydrogen-bond donors (Lipinski definition) is 1. The van der Waals surface area contributed by atoms with Crippen molar-refractivity contribution in [1.82, 2.24) is 20.2 Å². The molecule has 1 aliphatic heterocycles. The van der Waals surface area contributed by atoms with E-state index in [0.29, 0.717) is 12.5 Å². The summed E-state index contributed by atoms with van der Waals surface area (Å²) in [5.41, 5.74) is 1.83. The van der Waals surface area contributed by atoms with Crippen LogP contribution in [-0.2, 0) is 11.2 Å². The molecule has 0 aromatic carbocycles. The van der Waals surface area contributed by atoms with E-state index in [-0.39, 0.29) is 5.91 Å². The van der Waals surface area contributed by atoms with Gasteiger partial charge in [-0.2, -0.15) is 0 Å². The Kier molecular flexibility index (Phi) is 5.93. The van der Waals surface area contributed by atoms with Crippen molar-refractivity contribution in [3.05, 3.63) is 35.6 Å². The Labute approximate surface area is 147 Å². The van der Waals surface area contributed by atoms with Gasteiger partial charge in [0, 0.05) is 42.5 Å². The van der Waals surface area contributed by atoms with Crippen molar-refractivity contribution in [3.8, 4) is 10.6 Å². The molecule has 0 saturated carbocycles. The highest BCUT2D eigenvalue weighted by atomic mass is 32.1. The minimum Gasteiger partial charge on any atom is -0.353 e. The van der Waals surface area contributed by atoms with Gasteiger partial charge in [-0.1, -0.05) is 6.92 Å². The van der Waals surface area contributed by atoms with E-state index in [4.69, 9.17) is 0 Å². The highest BCUT2D eigenvalue weighted by Crippen LogP contribution is 2.22. The van der Waals surface area contributed by atoms with Crippen LogP contribution in [0.2, 0.25) is 0 Å². The van der Waals surface area contributed by atoms with Crippen molar-refractivity contribution in [2.24, 2.45) is 0 Å². The summed E-state index contributed by atoms with van der Waals surface area (Å²) < 4.78 is 0. The first kappa shape index (κ1) is 17.0. The molecule has 128 valence electrons. The molecule has 6 heteroatoms. The molecule has 1 N–H and O–H groups in total. The molecule has 0 atom stereocenters. The summed E-state index contributed by atoms with van der Waals surface area (Å²) in [6, 6.07) is 4.19. The molecule has 3 rings (SSSR count). The Hall–Kier alpha value is -1.79. The second-order valence-corrected chi connectivity index (χ2v) is 7.10. The minimum absolute atomic E-state index is 0.0759.